The summed E-state index contributed by atoms with van der Waals surface area (Å²) in [6.07, 6.45) is 0.553. The Labute approximate surface area is 155 Å². The summed E-state index contributed by atoms with van der Waals surface area (Å²) in [6.45, 7) is 1.05. The average Bonchev–Trinajstić information content (AvgIpc) is 3.34. The summed E-state index contributed by atoms with van der Waals surface area (Å²) >= 11 is 1.28. The van der Waals surface area contributed by atoms with Gasteiger partial charge in [0.1, 0.15) is 5.75 Å². The van der Waals surface area contributed by atoms with Crippen molar-refractivity contribution in [2.24, 2.45) is 0 Å². The van der Waals surface area contributed by atoms with Crippen molar-refractivity contribution in [2.75, 3.05) is 20.3 Å². The Hall–Kier alpha value is -2.35. The second-order valence-electron chi connectivity index (χ2n) is 5.71. The third kappa shape index (κ3) is 3.60. The maximum Gasteiger partial charge on any atom is 0.282 e. The number of hydrogen-bond acceptors (Lipinski definition) is 7. The zero-order valence-corrected chi connectivity index (χ0v) is 15.1. The van der Waals surface area contributed by atoms with E-state index in [4.69, 9.17) is 18.6 Å². The molecule has 4 rings (SSSR count). The molecule has 26 heavy (non-hydrogen) atoms. The lowest BCUT2D eigenvalue weighted by molar-refractivity contribution is -0.0822. The molecule has 7 heteroatoms. The van der Waals surface area contributed by atoms with Crippen LogP contribution in [0.3, 0.4) is 0 Å². The van der Waals surface area contributed by atoms with Crippen LogP contribution >= 0.6 is 11.8 Å². The fourth-order valence-electron chi connectivity index (χ4n) is 2.70. The van der Waals surface area contributed by atoms with Crippen LogP contribution in [0.4, 0.5) is 0 Å². The summed E-state index contributed by atoms with van der Waals surface area (Å²) in [5.41, 5.74) is 1.98. The van der Waals surface area contributed by atoms with Crippen LogP contribution in [0.15, 0.2) is 64.2 Å². The standard InChI is InChI=1S/C19H18N2O4S/c1-22-16-9-7-14(8-10-16)13-17-20-21-18(25-17)26-19(23-11-12-24-19)15-5-3-2-4-6-15/h2-10H,11-13H2,1H3. The Balaban J connectivity index is 1.50. The first kappa shape index (κ1) is 17.1. The van der Waals surface area contributed by atoms with Crippen LogP contribution in [-0.4, -0.2) is 30.5 Å². The number of methoxy groups -OCH3 is 1. The van der Waals surface area contributed by atoms with Crippen molar-refractivity contribution < 1.29 is 18.6 Å². The minimum absolute atomic E-state index is 0.416. The number of nitrogens with zero attached hydrogens (tertiary/aromatic N) is 2. The van der Waals surface area contributed by atoms with Crippen LogP contribution < -0.4 is 4.74 Å². The molecular weight excluding hydrogens is 352 g/mol. The maximum absolute atomic E-state index is 5.88. The van der Waals surface area contributed by atoms with Crippen LogP contribution in [0.25, 0.3) is 0 Å². The van der Waals surface area contributed by atoms with Gasteiger partial charge >= 0.3 is 0 Å². The lowest BCUT2D eigenvalue weighted by Crippen LogP contribution is -2.22. The Kier molecular flexibility index (Phi) is 4.92. The van der Waals surface area contributed by atoms with E-state index in [-0.39, 0.29) is 0 Å². The molecule has 1 fully saturated rings. The van der Waals surface area contributed by atoms with E-state index in [1.165, 1.54) is 11.8 Å². The lowest BCUT2D eigenvalue weighted by atomic mass is 10.1. The van der Waals surface area contributed by atoms with Gasteiger partial charge in [0.15, 0.2) is 0 Å². The molecule has 0 aliphatic carbocycles. The van der Waals surface area contributed by atoms with Crippen molar-refractivity contribution >= 4 is 11.8 Å². The monoisotopic (exact) mass is 370 g/mol. The van der Waals surface area contributed by atoms with Gasteiger partial charge in [-0.3, -0.25) is 0 Å². The van der Waals surface area contributed by atoms with Gasteiger partial charge in [-0.1, -0.05) is 42.5 Å². The van der Waals surface area contributed by atoms with Crippen molar-refractivity contribution in [1.82, 2.24) is 10.2 Å². The number of benzene rings is 2. The molecule has 0 spiro atoms. The second kappa shape index (κ2) is 7.49. The van der Waals surface area contributed by atoms with E-state index in [0.29, 0.717) is 30.7 Å². The lowest BCUT2D eigenvalue weighted by Gasteiger charge is -2.24. The maximum atomic E-state index is 5.88. The Morgan fingerprint density at radius 3 is 2.42 bits per heavy atom. The molecular formula is C19H18N2O4S. The highest BCUT2D eigenvalue weighted by atomic mass is 32.2. The third-order valence-corrected chi connectivity index (χ3v) is 5.06. The van der Waals surface area contributed by atoms with Crippen molar-refractivity contribution in [2.45, 2.75) is 16.8 Å². The summed E-state index contributed by atoms with van der Waals surface area (Å²) in [6, 6.07) is 17.6. The first-order valence-corrected chi connectivity index (χ1v) is 9.07. The SMILES string of the molecule is COc1ccc(Cc2nnc(SC3(c4ccccc4)OCCO3)o2)cc1. The van der Waals surface area contributed by atoms with Gasteiger partial charge in [-0.25, -0.2) is 0 Å². The highest BCUT2D eigenvalue weighted by Crippen LogP contribution is 2.45. The Morgan fingerprint density at radius 1 is 1.00 bits per heavy atom. The molecule has 0 N–H and O–H groups in total. The third-order valence-electron chi connectivity index (χ3n) is 3.98. The van der Waals surface area contributed by atoms with Crippen LogP contribution in [-0.2, 0) is 21.0 Å². The van der Waals surface area contributed by atoms with Gasteiger partial charge in [-0.2, -0.15) is 0 Å². The fraction of sp³-hybridized carbons (Fsp3) is 0.263. The van der Waals surface area contributed by atoms with E-state index in [1.54, 1.807) is 7.11 Å². The topological polar surface area (TPSA) is 66.6 Å². The van der Waals surface area contributed by atoms with E-state index >= 15 is 0 Å². The number of aromatic nitrogens is 2. The molecule has 1 aliphatic rings. The molecule has 0 bridgehead atoms. The molecule has 3 aromatic rings. The molecule has 2 aromatic carbocycles. The van der Waals surface area contributed by atoms with Gasteiger partial charge < -0.3 is 18.6 Å². The van der Waals surface area contributed by atoms with E-state index in [0.717, 1.165) is 16.9 Å². The van der Waals surface area contributed by atoms with Gasteiger partial charge in [-0.15, -0.1) is 10.2 Å². The summed E-state index contributed by atoms with van der Waals surface area (Å²) in [5.74, 6) is 1.36. The Morgan fingerprint density at radius 2 is 1.73 bits per heavy atom. The van der Waals surface area contributed by atoms with Gasteiger partial charge in [0.25, 0.3) is 10.3 Å². The molecule has 6 nitrogen and oxygen atoms in total. The van der Waals surface area contributed by atoms with E-state index < -0.39 is 5.12 Å². The molecule has 1 aromatic heterocycles. The smallest absolute Gasteiger partial charge is 0.282 e. The Bertz CT molecular complexity index is 845. The number of hydrogen-bond donors (Lipinski definition) is 0. The summed E-state index contributed by atoms with van der Waals surface area (Å²) in [5, 5.41) is 7.76. The van der Waals surface area contributed by atoms with E-state index in [1.807, 2.05) is 54.6 Å². The quantitative estimate of drug-likeness (QED) is 0.656. The highest BCUT2D eigenvalue weighted by molar-refractivity contribution is 7.99. The van der Waals surface area contributed by atoms with Crippen LogP contribution in [0.2, 0.25) is 0 Å². The molecule has 1 saturated heterocycles. The molecule has 2 heterocycles. The van der Waals surface area contributed by atoms with Gasteiger partial charge in [0, 0.05) is 17.3 Å². The predicted molar refractivity (Wildman–Crippen MR) is 96.0 cm³/mol. The zero-order chi connectivity index (χ0) is 17.8. The van der Waals surface area contributed by atoms with E-state index in [9.17, 15) is 0 Å². The molecule has 0 radical (unpaired) electrons. The molecule has 0 unspecified atom stereocenters. The van der Waals surface area contributed by atoms with Crippen molar-refractivity contribution in [1.29, 1.82) is 0 Å². The van der Waals surface area contributed by atoms with Crippen LogP contribution in [0, 0.1) is 0 Å². The normalized spacial score (nSPS) is 15.9. The molecule has 1 aliphatic heterocycles. The average molecular weight is 370 g/mol. The minimum Gasteiger partial charge on any atom is -0.497 e. The first-order valence-electron chi connectivity index (χ1n) is 8.25. The molecule has 0 atom stereocenters. The van der Waals surface area contributed by atoms with Crippen molar-refractivity contribution in [3.8, 4) is 5.75 Å². The molecule has 0 saturated carbocycles. The van der Waals surface area contributed by atoms with Crippen molar-refractivity contribution in [3.63, 3.8) is 0 Å². The number of ether oxygens (including phenoxy) is 3. The predicted octanol–water partition coefficient (Wildman–Crippen LogP) is 3.62. The summed E-state index contributed by atoms with van der Waals surface area (Å²) in [4.78, 5) is 0. The minimum atomic E-state index is -0.939. The summed E-state index contributed by atoms with van der Waals surface area (Å²) in [7, 11) is 1.65. The number of rotatable bonds is 6. The first-order chi connectivity index (χ1) is 12.8. The van der Waals surface area contributed by atoms with Crippen LogP contribution in [0.5, 0.6) is 5.75 Å². The molecule has 0 amide bonds. The van der Waals surface area contributed by atoms with Crippen molar-refractivity contribution in [3.05, 3.63) is 71.6 Å². The van der Waals surface area contributed by atoms with E-state index in [2.05, 4.69) is 10.2 Å². The van der Waals surface area contributed by atoms with Gasteiger partial charge in [-0.05, 0) is 17.7 Å². The largest absolute Gasteiger partial charge is 0.497 e. The highest BCUT2D eigenvalue weighted by Gasteiger charge is 2.42. The fourth-order valence-corrected chi connectivity index (χ4v) is 3.69. The second-order valence-corrected chi connectivity index (χ2v) is 6.80. The number of thioether (sulfide) groups is 1. The zero-order valence-electron chi connectivity index (χ0n) is 14.3. The summed E-state index contributed by atoms with van der Waals surface area (Å²) < 4.78 is 22.7. The van der Waals surface area contributed by atoms with Gasteiger partial charge in [0.05, 0.1) is 26.7 Å². The van der Waals surface area contributed by atoms with Crippen LogP contribution in [0.1, 0.15) is 17.0 Å². The molecule has 134 valence electrons. The van der Waals surface area contributed by atoms with Gasteiger partial charge in [0.2, 0.25) is 5.89 Å².